The average Bonchev–Trinajstić information content (AvgIpc) is 2.73. The van der Waals surface area contributed by atoms with Crippen LogP contribution in [0.2, 0.25) is 0 Å². The zero-order valence-electron chi connectivity index (χ0n) is 18.8. The SMILES string of the molecule is Cc1c(F)c2c(c(O)c1[N+](=O)[O-])C(O)=C1C(=O)[C@]3(O)C(O)=C(C(N)=O)C(=O)[C@@H](N(C)C)[C@@H]3C[C@@H]1C2. The summed E-state index contributed by atoms with van der Waals surface area (Å²) in [5.41, 5.74) is -1.51. The van der Waals surface area contributed by atoms with Gasteiger partial charge in [0.15, 0.2) is 11.4 Å². The zero-order valence-corrected chi connectivity index (χ0v) is 18.8. The number of hydrogen-bond acceptors (Lipinski definition) is 10. The Morgan fingerprint density at radius 3 is 2.37 bits per heavy atom. The van der Waals surface area contributed by atoms with E-state index in [-0.39, 0.29) is 18.4 Å². The molecule has 0 heterocycles. The number of hydrogen-bond donors (Lipinski definition) is 5. The molecule has 186 valence electrons. The van der Waals surface area contributed by atoms with E-state index in [1.807, 2.05) is 0 Å². The van der Waals surface area contributed by atoms with Gasteiger partial charge in [-0.3, -0.25) is 29.4 Å². The van der Waals surface area contributed by atoms with E-state index in [0.717, 1.165) is 6.92 Å². The summed E-state index contributed by atoms with van der Waals surface area (Å²) in [7, 11) is 2.90. The number of benzene rings is 1. The van der Waals surface area contributed by atoms with Gasteiger partial charge < -0.3 is 26.2 Å². The van der Waals surface area contributed by atoms with Crippen molar-refractivity contribution in [3.05, 3.63) is 49.5 Å². The van der Waals surface area contributed by atoms with E-state index in [0.29, 0.717) is 0 Å². The largest absolute Gasteiger partial charge is 0.508 e. The number of aliphatic hydroxyl groups excluding tert-OH is 2. The Balaban J connectivity index is 2.03. The first-order valence-electron chi connectivity index (χ1n) is 10.5. The molecule has 0 bridgehead atoms. The summed E-state index contributed by atoms with van der Waals surface area (Å²) in [5, 5.41) is 55.1. The van der Waals surface area contributed by atoms with Crippen molar-refractivity contribution in [1.29, 1.82) is 0 Å². The molecular formula is C22H22FN3O9. The highest BCUT2D eigenvalue weighted by Crippen LogP contribution is 2.54. The van der Waals surface area contributed by atoms with Gasteiger partial charge in [0.1, 0.15) is 22.9 Å². The molecule has 1 fully saturated rings. The number of aromatic hydroxyl groups is 1. The van der Waals surface area contributed by atoms with Gasteiger partial charge in [-0.15, -0.1) is 0 Å². The second kappa shape index (κ2) is 7.58. The van der Waals surface area contributed by atoms with Gasteiger partial charge in [0.25, 0.3) is 5.91 Å². The summed E-state index contributed by atoms with van der Waals surface area (Å²) in [6.07, 6.45) is -0.519. The number of carbonyl (C=O) groups is 3. The van der Waals surface area contributed by atoms with E-state index in [4.69, 9.17) is 5.73 Å². The summed E-state index contributed by atoms with van der Waals surface area (Å²) in [5.74, 6) is -10.2. The fourth-order valence-corrected chi connectivity index (χ4v) is 5.68. The van der Waals surface area contributed by atoms with E-state index in [9.17, 15) is 44.9 Å². The lowest BCUT2D eigenvalue weighted by molar-refractivity contribution is -0.386. The molecule has 0 radical (unpaired) electrons. The summed E-state index contributed by atoms with van der Waals surface area (Å²) in [6.45, 7) is 1.09. The number of nitro benzene ring substituents is 1. The number of rotatable bonds is 3. The van der Waals surface area contributed by atoms with Crippen molar-refractivity contribution in [3.8, 4) is 5.75 Å². The number of ketones is 2. The fourth-order valence-electron chi connectivity index (χ4n) is 5.68. The maximum atomic E-state index is 15.1. The Labute approximate surface area is 196 Å². The molecule has 1 saturated carbocycles. The molecule has 0 saturated heterocycles. The van der Waals surface area contributed by atoms with Crippen molar-refractivity contribution in [1.82, 2.24) is 4.90 Å². The Morgan fingerprint density at radius 1 is 1.26 bits per heavy atom. The molecule has 3 aliphatic rings. The van der Waals surface area contributed by atoms with E-state index in [1.165, 1.54) is 19.0 Å². The topological polar surface area (TPSA) is 205 Å². The third-order valence-corrected chi connectivity index (χ3v) is 7.21. The van der Waals surface area contributed by atoms with Crippen LogP contribution in [0.15, 0.2) is 16.9 Å². The Bertz CT molecular complexity index is 1320. The second-order valence-electron chi connectivity index (χ2n) is 9.21. The highest BCUT2D eigenvalue weighted by Gasteiger charge is 2.64. The number of nitrogens with zero attached hydrogens (tertiary/aromatic N) is 2. The number of phenols is 1. The molecule has 0 aromatic heterocycles. The van der Waals surface area contributed by atoms with Crippen LogP contribution in [0.3, 0.4) is 0 Å². The molecule has 1 aromatic carbocycles. The predicted molar refractivity (Wildman–Crippen MR) is 116 cm³/mol. The maximum Gasteiger partial charge on any atom is 0.317 e. The second-order valence-corrected chi connectivity index (χ2v) is 9.21. The standard InChI is InChI=1S/C22H22FN3O9/c1-6-13(23)8-4-7-5-9-15(25(2)3)18(29)12(21(24)32)20(31)22(9,33)19(30)10(7)16(27)11(8)17(28)14(6)26(34)35/h7,9,15,27-28,31,33H,4-5H2,1-3H3,(H2,24,32)/t7-,9-,15-,22-/m0/s1. The Hall–Kier alpha value is -3.84. The van der Waals surface area contributed by atoms with Crippen molar-refractivity contribution in [2.45, 2.75) is 31.4 Å². The first-order chi connectivity index (χ1) is 16.2. The van der Waals surface area contributed by atoms with Crippen LogP contribution in [-0.4, -0.2) is 73.5 Å². The number of aliphatic hydroxyl groups is 3. The number of Topliss-reactive ketones (excluding diaryl/α,β-unsaturated/α-hetero) is 2. The molecule has 0 spiro atoms. The minimum absolute atomic E-state index is 0.220. The third-order valence-electron chi connectivity index (χ3n) is 7.21. The normalized spacial score (nSPS) is 28.1. The van der Waals surface area contributed by atoms with Crippen molar-refractivity contribution >= 4 is 28.9 Å². The molecule has 35 heavy (non-hydrogen) atoms. The van der Waals surface area contributed by atoms with Crippen LogP contribution in [0, 0.1) is 34.7 Å². The zero-order chi connectivity index (χ0) is 26.3. The molecule has 3 aliphatic carbocycles. The van der Waals surface area contributed by atoms with E-state index in [1.54, 1.807) is 0 Å². The molecule has 12 nitrogen and oxygen atoms in total. The number of phenolic OH excluding ortho intramolecular Hbond substituents is 1. The van der Waals surface area contributed by atoms with Gasteiger partial charge in [-0.2, -0.15) is 0 Å². The summed E-state index contributed by atoms with van der Waals surface area (Å²) in [4.78, 5) is 50.2. The molecular weight excluding hydrogens is 469 g/mol. The lowest BCUT2D eigenvalue weighted by Gasteiger charge is -2.50. The van der Waals surface area contributed by atoms with Crippen molar-refractivity contribution < 1.29 is 44.1 Å². The van der Waals surface area contributed by atoms with Crippen LogP contribution in [0.4, 0.5) is 10.1 Å². The number of likely N-dealkylation sites (N-methyl/N-ethyl adjacent to an activating group) is 1. The summed E-state index contributed by atoms with van der Waals surface area (Å²) in [6, 6.07) is -1.27. The number of carbonyl (C=O) groups excluding carboxylic acids is 3. The van der Waals surface area contributed by atoms with Crippen LogP contribution in [0.25, 0.3) is 5.76 Å². The minimum atomic E-state index is -2.85. The van der Waals surface area contributed by atoms with Crippen LogP contribution in [0.5, 0.6) is 5.75 Å². The van der Waals surface area contributed by atoms with E-state index in [2.05, 4.69) is 0 Å². The van der Waals surface area contributed by atoms with Gasteiger partial charge in [-0.05, 0) is 39.8 Å². The molecule has 4 rings (SSSR count). The van der Waals surface area contributed by atoms with Crippen molar-refractivity contribution in [2.75, 3.05) is 14.1 Å². The van der Waals surface area contributed by atoms with E-state index < -0.39 is 96.9 Å². The third kappa shape index (κ3) is 2.94. The number of halogens is 1. The highest BCUT2D eigenvalue weighted by molar-refractivity contribution is 6.24. The van der Waals surface area contributed by atoms with Crippen LogP contribution in [-0.2, 0) is 20.8 Å². The highest BCUT2D eigenvalue weighted by atomic mass is 19.1. The van der Waals surface area contributed by atoms with Gasteiger partial charge in [0.2, 0.25) is 11.5 Å². The number of amides is 1. The van der Waals surface area contributed by atoms with Gasteiger partial charge >= 0.3 is 5.69 Å². The van der Waals surface area contributed by atoms with Crippen LogP contribution >= 0.6 is 0 Å². The van der Waals surface area contributed by atoms with Gasteiger partial charge in [0.05, 0.1) is 22.1 Å². The van der Waals surface area contributed by atoms with Crippen molar-refractivity contribution in [2.24, 2.45) is 17.6 Å². The summed E-state index contributed by atoms with van der Waals surface area (Å²) < 4.78 is 15.1. The maximum absolute atomic E-state index is 15.1. The Kier molecular flexibility index (Phi) is 5.26. The Morgan fingerprint density at radius 2 is 1.86 bits per heavy atom. The van der Waals surface area contributed by atoms with Gasteiger partial charge in [0, 0.05) is 17.1 Å². The molecule has 0 unspecified atom stereocenters. The molecule has 1 amide bonds. The van der Waals surface area contributed by atoms with E-state index >= 15 is 4.39 Å². The van der Waals surface area contributed by atoms with Gasteiger partial charge in [-0.1, -0.05) is 0 Å². The van der Waals surface area contributed by atoms with Crippen LogP contribution < -0.4 is 5.73 Å². The summed E-state index contributed by atoms with van der Waals surface area (Å²) >= 11 is 0. The van der Waals surface area contributed by atoms with Crippen molar-refractivity contribution in [3.63, 3.8) is 0 Å². The predicted octanol–water partition coefficient (Wildman–Crippen LogP) is 0.320. The van der Waals surface area contributed by atoms with Crippen LogP contribution in [0.1, 0.15) is 23.1 Å². The number of fused-ring (bicyclic) bond motifs is 3. The number of nitro groups is 1. The molecule has 1 aromatic rings. The van der Waals surface area contributed by atoms with Gasteiger partial charge in [-0.25, -0.2) is 4.39 Å². The monoisotopic (exact) mass is 491 g/mol. The molecule has 4 atom stereocenters. The molecule has 0 aliphatic heterocycles. The first-order valence-corrected chi connectivity index (χ1v) is 10.5. The lowest BCUT2D eigenvalue weighted by Crippen LogP contribution is -2.65. The molecule has 13 heteroatoms. The fraction of sp³-hybridized carbons (Fsp3) is 0.409. The quantitative estimate of drug-likeness (QED) is 0.222. The lowest BCUT2D eigenvalue weighted by atomic mass is 9.57. The average molecular weight is 491 g/mol. The first kappa shape index (κ1) is 24.3. The molecule has 6 N–H and O–H groups in total. The smallest absolute Gasteiger partial charge is 0.317 e. The number of nitrogens with two attached hydrogens (primary N) is 1. The number of primary amides is 1. The minimum Gasteiger partial charge on any atom is -0.508 e.